The summed E-state index contributed by atoms with van der Waals surface area (Å²) >= 11 is 5.82. The molecule has 0 amide bonds. The summed E-state index contributed by atoms with van der Waals surface area (Å²) in [5.41, 5.74) is 0.264. The van der Waals surface area contributed by atoms with Gasteiger partial charge in [-0.3, -0.25) is 4.72 Å². The zero-order valence-corrected chi connectivity index (χ0v) is 10.9. The number of H-pyrrole nitrogens is 1. The molecule has 0 unspecified atom stereocenters. The number of halogens is 1. The maximum Gasteiger partial charge on any atom is 0.279 e. The van der Waals surface area contributed by atoms with Crippen LogP contribution in [0.1, 0.15) is 0 Å². The van der Waals surface area contributed by atoms with E-state index in [0.29, 0.717) is 10.8 Å². The first-order valence-electron chi connectivity index (χ1n) is 4.87. The molecule has 2 aromatic rings. The third-order valence-corrected chi connectivity index (χ3v) is 3.69. The minimum atomic E-state index is -3.73. The monoisotopic (exact) mass is 287 g/mol. The largest absolute Gasteiger partial charge is 0.495 e. The number of rotatable bonds is 4. The minimum absolute atomic E-state index is 0.0375. The van der Waals surface area contributed by atoms with Crippen LogP contribution in [0.4, 0.5) is 5.69 Å². The summed E-state index contributed by atoms with van der Waals surface area (Å²) in [7, 11) is -2.28. The Kier molecular flexibility index (Phi) is 3.44. The summed E-state index contributed by atoms with van der Waals surface area (Å²) in [6, 6.07) is 4.65. The molecule has 0 saturated carbocycles. The number of methoxy groups -OCH3 is 1. The minimum Gasteiger partial charge on any atom is -0.495 e. The second-order valence-corrected chi connectivity index (χ2v) is 5.45. The second-order valence-electron chi connectivity index (χ2n) is 3.37. The summed E-state index contributed by atoms with van der Waals surface area (Å²) in [6.07, 6.45) is 2.49. The Morgan fingerprint density at radius 3 is 2.83 bits per heavy atom. The van der Waals surface area contributed by atoms with E-state index >= 15 is 0 Å². The Labute approximate surface area is 109 Å². The summed E-state index contributed by atoms with van der Waals surface area (Å²) in [6.45, 7) is 0. The number of aromatic nitrogens is 2. The molecule has 0 spiro atoms. The lowest BCUT2D eigenvalue weighted by Gasteiger charge is -2.10. The molecule has 1 aromatic heterocycles. The molecular weight excluding hydrogens is 278 g/mol. The zero-order chi connectivity index (χ0) is 13.2. The van der Waals surface area contributed by atoms with Crippen molar-refractivity contribution in [2.45, 2.75) is 5.03 Å². The van der Waals surface area contributed by atoms with Crippen molar-refractivity contribution in [3.05, 3.63) is 35.7 Å². The van der Waals surface area contributed by atoms with Crippen LogP contribution >= 0.6 is 11.6 Å². The summed E-state index contributed by atoms with van der Waals surface area (Å²) in [5, 5.41) is 0.364. The number of anilines is 1. The number of ether oxygens (including phenoxy) is 1. The SMILES string of the molecule is COc1ccc(Cl)cc1NS(=O)(=O)c1cnc[nH]1. The Bertz CT molecular complexity index is 640. The molecule has 8 heteroatoms. The maximum absolute atomic E-state index is 12.0. The summed E-state index contributed by atoms with van der Waals surface area (Å²) < 4.78 is 31.3. The van der Waals surface area contributed by atoms with Gasteiger partial charge in [0.15, 0.2) is 5.03 Å². The van der Waals surface area contributed by atoms with Crippen LogP contribution in [0.2, 0.25) is 5.02 Å². The van der Waals surface area contributed by atoms with E-state index in [4.69, 9.17) is 16.3 Å². The molecule has 0 bridgehead atoms. The number of sulfonamides is 1. The zero-order valence-electron chi connectivity index (χ0n) is 9.34. The van der Waals surface area contributed by atoms with Gasteiger partial charge in [-0.1, -0.05) is 11.6 Å². The van der Waals surface area contributed by atoms with E-state index in [2.05, 4.69) is 14.7 Å². The van der Waals surface area contributed by atoms with Crippen molar-refractivity contribution in [1.29, 1.82) is 0 Å². The van der Waals surface area contributed by atoms with Gasteiger partial charge < -0.3 is 9.72 Å². The van der Waals surface area contributed by atoms with E-state index in [-0.39, 0.29) is 10.7 Å². The topological polar surface area (TPSA) is 84.1 Å². The van der Waals surface area contributed by atoms with Crippen LogP contribution in [0.3, 0.4) is 0 Å². The van der Waals surface area contributed by atoms with Crippen molar-refractivity contribution in [3.63, 3.8) is 0 Å². The Morgan fingerprint density at radius 1 is 1.44 bits per heavy atom. The average molecular weight is 288 g/mol. The molecular formula is C10H10ClN3O3S. The number of hydrogen-bond donors (Lipinski definition) is 2. The summed E-state index contributed by atoms with van der Waals surface area (Å²) in [4.78, 5) is 6.17. The van der Waals surface area contributed by atoms with E-state index in [1.807, 2.05) is 0 Å². The number of imidazole rings is 1. The number of nitrogens with zero attached hydrogens (tertiary/aromatic N) is 1. The predicted molar refractivity (Wildman–Crippen MR) is 67.4 cm³/mol. The molecule has 0 atom stereocenters. The lowest BCUT2D eigenvalue weighted by molar-refractivity contribution is 0.417. The average Bonchev–Trinajstić information content (AvgIpc) is 2.83. The fourth-order valence-electron chi connectivity index (χ4n) is 1.35. The van der Waals surface area contributed by atoms with Crippen LogP contribution in [-0.4, -0.2) is 25.5 Å². The standard InChI is InChI=1S/C10H10ClN3O3S/c1-17-9-3-2-7(11)4-8(9)14-18(15,16)10-5-12-6-13-10/h2-6,14H,1H3,(H,12,13). The Balaban J connectivity index is 2.37. The number of aromatic amines is 1. The molecule has 1 aromatic carbocycles. The van der Waals surface area contributed by atoms with E-state index in [0.717, 1.165) is 0 Å². The lowest BCUT2D eigenvalue weighted by Crippen LogP contribution is -2.14. The smallest absolute Gasteiger partial charge is 0.279 e. The van der Waals surface area contributed by atoms with Gasteiger partial charge in [-0.25, -0.2) is 4.98 Å². The van der Waals surface area contributed by atoms with Crippen molar-refractivity contribution < 1.29 is 13.2 Å². The first-order chi connectivity index (χ1) is 8.53. The van der Waals surface area contributed by atoms with Crippen LogP contribution in [0, 0.1) is 0 Å². The molecule has 0 aliphatic carbocycles. The summed E-state index contributed by atoms with van der Waals surface area (Å²) in [5.74, 6) is 0.377. The molecule has 2 rings (SSSR count). The highest BCUT2D eigenvalue weighted by atomic mass is 35.5. The molecule has 96 valence electrons. The lowest BCUT2D eigenvalue weighted by atomic mass is 10.3. The van der Waals surface area contributed by atoms with Gasteiger partial charge in [0.25, 0.3) is 10.0 Å². The molecule has 0 aliphatic heterocycles. The normalized spacial score (nSPS) is 11.2. The van der Waals surface area contributed by atoms with Crippen molar-refractivity contribution in [2.75, 3.05) is 11.8 Å². The fourth-order valence-corrected chi connectivity index (χ4v) is 2.49. The van der Waals surface area contributed by atoms with Crippen molar-refractivity contribution in [3.8, 4) is 5.75 Å². The first kappa shape index (κ1) is 12.7. The van der Waals surface area contributed by atoms with E-state index in [1.54, 1.807) is 12.1 Å². The number of benzene rings is 1. The second kappa shape index (κ2) is 4.87. The van der Waals surface area contributed by atoms with Crippen LogP contribution in [0.15, 0.2) is 35.7 Å². The van der Waals surface area contributed by atoms with Crippen LogP contribution in [0.5, 0.6) is 5.75 Å². The van der Waals surface area contributed by atoms with Crippen molar-refractivity contribution in [1.82, 2.24) is 9.97 Å². The van der Waals surface area contributed by atoms with E-state index in [1.165, 1.54) is 25.7 Å². The fraction of sp³-hybridized carbons (Fsp3) is 0.100. The highest BCUT2D eigenvalue weighted by molar-refractivity contribution is 7.92. The van der Waals surface area contributed by atoms with Crippen LogP contribution < -0.4 is 9.46 Å². The quantitative estimate of drug-likeness (QED) is 0.899. The van der Waals surface area contributed by atoms with Gasteiger partial charge in [-0.05, 0) is 18.2 Å². The van der Waals surface area contributed by atoms with Crippen LogP contribution in [-0.2, 0) is 10.0 Å². The Hall–Kier alpha value is -1.73. The number of hydrogen-bond acceptors (Lipinski definition) is 4. The highest BCUT2D eigenvalue weighted by Crippen LogP contribution is 2.29. The molecule has 0 radical (unpaired) electrons. The van der Waals surface area contributed by atoms with Gasteiger partial charge in [0, 0.05) is 5.02 Å². The van der Waals surface area contributed by atoms with Crippen molar-refractivity contribution >= 4 is 27.3 Å². The van der Waals surface area contributed by atoms with Crippen LogP contribution in [0.25, 0.3) is 0 Å². The molecule has 1 heterocycles. The molecule has 2 N–H and O–H groups in total. The first-order valence-corrected chi connectivity index (χ1v) is 6.74. The third-order valence-electron chi connectivity index (χ3n) is 2.17. The Morgan fingerprint density at radius 2 is 2.22 bits per heavy atom. The van der Waals surface area contributed by atoms with Crippen molar-refractivity contribution in [2.24, 2.45) is 0 Å². The molecule has 0 saturated heterocycles. The van der Waals surface area contributed by atoms with Gasteiger partial charge in [0.2, 0.25) is 0 Å². The predicted octanol–water partition coefficient (Wildman–Crippen LogP) is 1.87. The third kappa shape index (κ3) is 2.57. The maximum atomic E-state index is 12.0. The molecule has 18 heavy (non-hydrogen) atoms. The van der Waals surface area contributed by atoms with Gasteiger partial charge in [0.05, 0.1) is 25.3 Å². The molecule has 0 aliphatic rings. The van der Waals surface area contributed by atoms with E-state index < -0.39 is 10.0 Å². The van der Waals surface area contributed by atoms with Gasteiger partial charge in [-0.15, -0.1) is 0 Å². The van der Waals surface area contributed by atoms with Gasteiger partial charge in [-0.2, -0.15) is 8.42 Å². The molecule has 0 fully saturated rings. The highest BCUT2D eigenvalue weighted by Gasteiger charge is 2.17. The van der Waals surface area contributed by atoms with Gasteiger partial charge in [0.1, 0.15) is 5.75 Å². The van der Waals surface area contributed by atoms with E-state index in [9.17, 15) is 8.42 Å². The number of nitrogens with one attached hydrogen (secondary N) is 2. The van der Waals surface area contributed by atoms with Gasteiger partial charge >= 0.3 is 0 Å². The molecule has 6 nitrogen and oxygen atoms in total.